The Balaban J connectivity index is 1.62. The number of halogens is 1. The van der Waals surface area contributed by atoms with Crippen LogP contribution in [0.15, 0.2) is 12.4 Å². The lowest BCUT2D eigenvalue weighted by atomic mass is 10.1. The first-order chi connectivity index (χ1) is 13.5. The Kier molecular flexibility index (Phi) is 5.03. The van der Waals surface area contributed by atoms with E-state index in [0.717, 1.165) is 31.6 Å². The highest BCUT2D eigenvalue weighted by molar-refractivity contribution is 6.34. The van der Waals surface area contributed by atoms with E-state index >= 15 is 0 Å². The summed E-state index contributed by atoms with van der Waals surface area (Å²) in [6.07, 6.45) is 5.09. The summed E-state index contributed by atoms with van der Waals surface area (Å²) in [7, 11) is 0. The molecule has 11 heteroatoms. The molecule has 148 valence electrons. The lowest BCUT2D eigenvalue weighted by molar-refractivity contribution is -0.131. The standard InChI is InChI=1S/C17H21ClN8O2/c1-3-26-8-11(7-19-26)20-17-21-15-13(14(18)23-24-15)16(22-17)28-12-5-4-6-25(9-12)10(2)27/h7-8,12H,3-6,9H2,1-2H3,(H2,20,21,22,23,24)/t12-/m1/s1. The van der Waals surface area contributed by atoms with Gasteiger partial charge >= 0.3 is 0 Å². The topological polar surface area (TPSA) is 114 Å². The average Bonchev–Trinajstić information content (AvgIpc) is 3.28. The molecular weight excluding hydrogens is 384 g/mol. The lowest BCUT2D eigenvalue weighted by Crippen LogP contribution is -2.43. The third kappa shape index (κ3) is 3.72. The summed E-state index contributed by atoms with van der Waals surface area (Å²) in [6.45, 7) is 5.60. The van der Waals surface area contributed by atoms with Crippen molar-refractivity contribution < 1.29 is 9.53 Å². The van der Waals surface area contributed by atoms with Crippen LogP contribution >= 0.6 is 11.6 Å². The van der Waals surface area contributed by atoms with Crippen molar-refractivity contribution in [3.05, 3.63) is 17.5 Å². The van der Waals surface area contributed by atoms with Gasteiger partial charge in [0.05, 0.1) is 18.4 Å². The quantitative estimate of drug-likeness (QED) is 0.670. The first kappa shape index (κ1) is 18.5. The van der Waals surface area contributed by atoms with Gasteiger partial charge in [0.1, 0.15) is 16.6 Å². The number of fused-ring (bicyclic) bond motifs is 1. The highest BCUT2D eigenvalue weighted by atomic mass is 35.5. The second-order valence-electron chi connectivity index (χ2n) is 6.65. The normalized spacial score (nSPS) is 17.1. The van der Waals surface area contributed by atoms with Crippen LogP contribution in [0, 0.1) is 0 Å². The number of aromatic amines is 1. The maximum absolute atomic E-state index is 11.7. The number of nitrogens with one attached hydrogen (secondary N) is 2. The molecule has 2 N–H and O–H groups in total. The molecule has 0 radical (unpaired) electrons. The summed E-state index contributed by atoms with van der Waals surface area (Å²) < 4.78 is 7.94. The minimum absolute atomic E-state index is 0.0396. The minimum Gasteiger partial charge on any atom is -0.472 e. The average molecular weight is 405 g/mol. The van der Waals surface area contributed by atoms with Crippen molar-refractivity contribution >= 4 is 40.2 Å². The zero-order chi connectivity index (χ0) is 19.7. The molecule has 1 aliphatic rings. The maximum Gasteiger partial charge on any atom is 0.232 e. The molecule has 0 aliphatic carbocycles. The van der Waals surface area contributed by atoms with Crippen LogP contribution in [0.3, 0.4) is 0 Å². The number of nitrogens with zero attached hydrogens (tertiary/aromatic N) is 6. The van der Waals surface area contributed by atoms with E-state index in [4.69, 9.17) is 16.3 Å². The van der Waals surface area contributed by atoms with Crippen LogP contribution in [0.1, 0.15) is 26.7 Å². The number of likely N-dealkylation sites (tertiary alicyclic amines) is 1. The molecule has 28 heavy (non-hydrogen) atoms. The van der Waals surface area contributed by atoms with Crippen molar-refractivity contribution in [2.24, 2.45) is 0 Å². The number of aryl methyl sites for hydroxylation is 1. The molecule has 1 saturated heterocycles. The number of carbonyl (C=O) groups excluding carboxylic acids is 1. The molecule has 1 atom stereocenters. The monoisotopic (exact) mass is 404 g/mol. The van der Waals surface area contributed by atoms with E-state index in [2.05, 4.69) is 30.6 Å². The molecule has 0 unspecified atom stereocenters. The second kappa shape index (κ2) is 7.63. The van der Waals surface area contributed by atoms with Crippen LogP contribution in [-0.4, -0.2) is 59.9 Å². The Morgan fingerprint density at radius 3 is 3.07 bits per heavy atom. The highest BCUT2D eigenvalue weighted by Crippen LogP contribution is 2.31. The van der Waals surface area contributed by atoms with Crippen LogP contribution in [0.25, 0.3) is 11.0 Å². The molecule has 1 aliphatic heterocycles. The first-order valence-electron chi connectivity index (χ1n) is 9.16. The fourth-order valence-electron chi connectivity index (χ4n) is 3.21. The van der Waals surface area contributed by atoms with E-state index in [1.807, 2.05) is 13.1 Å². The number of hydrogen-bond acceptors (Lipinski definition) is 7. The number of amides is 1. The number of rotatable bonds is 5. The predicted octanol–water partition coefficient (Wildman–Crippen LogP) is 2.36. The van der Waals surface area contributed by atoms with Gasteiger partial charge in [-0.05, 0) is 19.8 Å². The molecule has 10 nitrogen and oxygen atoms in total. The van der Waals surface area contributed by atoms with Crippen molar-refractivity contribution in [2.75, 3.05) is 18.4 Å². The smallest absolute Gasteiger partial charge is 0.232 e. The van der Waals surface area contributed by atoms with Gasteiger partial charge in [-0.1, -0.05) is 11.6 Å². The first-order valence-corrected chi connectivity index (χ1v) is 9.54. The van der Waals surface area contributed by atoms with Crippen molar-refractivity contribution in [1.82, 2.24) is 34.8 Å². The van der Waals surface area contributed by atoms with Crippen LogP contribution < -0.4 is 10.1 Å². The molecule has 4 rings (SSSR count). The molecule has 3 aromatic rings. The van der Waals surface area contributed by atoms with E-state index in [1.165, 1.54) is 0 Å². The fourth-order valence-corrected chi connectivity index (χ4v) is 3.42. The maximum atomic E-state index is 11.7. The van der Waals surface area contributed by atoms with Gasteiger partial charge in [-0.3, -0.25) is 14.6 Å². The second-order valence-corrected chi connectivity index (χ2v) is 7.02. The summed E-state index contributed by atoms with van der Waals surface area (Å²) in [5.41, 5.74) is 1.16. The molecular formula is C17H21ClN8O2. The van der Waals surface area contributed by atoms with Gasteiger partial charge in [-0.25, -0.2) is 0 Å². The zero-order valence-electron chi connectivity index (χ0n) is 15.6. The van der Waals surface area contributed by atoms with Crippen LogP contribution in [0.4, 0.5) is 11.6 Å². The van der Waals surface area contributed by atoms with Gasteiger partial charge in [0, 0.05) is 26.2 Å². The Bertz CT molecular complexity index is 1000. The van der Waals surface area contributed by atoms with Gasteiger partial charge in [0.15, 0.2) is 5.65 Å². The van der Waals surface area contributed by atoms with Gasteiger partial charge in [0.25, 0.3) is 0 Å². The third-order valence-electron chi connectivity index (χ3n) is 4.65. The molecule has 0 saturated carbocycles. The Hall–Kier alpha value is -2.88. The third-order valence-corrected chi connectivity index (χ3v) is 4.92. The summed E-state index contributed by atoms with van der Waals surface area (Å²) in [4.78, 5) is 22.4. The van der Waals surface area contributed by atoms with Gasteiger partial charge in [-0.2, -0.15) is 20.2 Å². The predicted molar refractivity (Wildman–Crippen MR) is 104 cm³/mol. The number of hydrogen-bond donors (Lipinski definition) is 2. The van der Waals surface area contributed by atoms with E-state index in [1.54, 1.807) is 22.7 Å². The summed E-state index contributed by atoms with van der Waals surface area (Å²) in [5.74, 6) is 0.711. The van der Waals surface area contributed by atoms with Crippen molar-refractivity contribution in [3.63, 3.8) is 0 Å². The molecule has 1 fully saturated rings. The van der Waals surface area contributed by atoms with Gasteiger partial charge in [-0.15, -0.1) is 0 Å². The number of H-pyrrole nitrogens is 1. The number of carbonyl (C=O) groups is 1. The van der Waals surface area contributed by atoms with Crippen LogP contribution in [-0.2, 0) is 11.3 Å². The lowest BCUT2D eigenvalue weighted by Gasteiger charge is -2.32. The fraction of sp³-hybridized carbons (Fsp3) is 0.471. The molecule has 1 amide bonds. The largest absolute Gasteiger partial charge is 0.472 e. The zero-order valence-corrected chi connectivity index (χ0v) is 16.4. The molecule has 0 spiro atoms. The number of aromatic nitrogens is 6. The molecule has 4 heterocycles. The van der Waals surface area contributed by atoms with Crippen molar-refractivity contribution in [3.8, 4) is 5.88 Å². The molecule has 0 bridgehead atoms. The van der Waals surface area contributed by atoms with Gasteiger partial charge in [0.2, 0.25) is 17.7 Å². The number of piperidine rings is 1. The SMILES string of the molecule is CCn1cc(Nc2nc(O[C@@H]3CCCN(C(C)=O)C3)c3c(Cl)[nH]nc3n2)cn1. The van der Waals surface area contributed by atoms with E-state index in [9.17, 15) is 4.79 Å². The van der Waals surface area contributed by atoms with Gasteiger partial charge < -0.3 is 15.0 Å². The van der Waals surface area contributed by atoms with Crippen LogP contribution in [0.5, 0.6) is 5.88 Å². The Morgan fingerprint density at radius 1 is 1.46 bits per heavy atom. The molecule has 3 aromatic heterocycles. The van der Waals surface area contributed by atoms with E-state index in [-0.39, 0.29) is 12.0 Å². The minimum atomic E-state index is -0.169. The van der Waals surface area contributed by atoms with E-state index in [0.29, 0.717) is 34.6 Å². The summed E-state index contributed by atoms with van der Waals surface area (Å²) in [6, 6.07) is 0. The van der Waals surface area contributed by atoms with Crippen molar-refractivity contribution in [2.45, 2.75) is 39.3 Å². The molecule has 0 aromatic carbocycles. The Morgan fingerprint density at radius 2 is 2.32 bits per heavy atom. The number of ether oxygens (including phenoxy) is 1. The Labute approximate surface area is 166 Å². The highest BCUT2D eigenvalue weighted by Gasteiger charge is 2.25. The van der Waals surface area contributed by atoms with E-state index < -0.39 is 0 Å². The summed E-state index contributed by atoms with van der Waals surface area (Å²) >= 11 is 6.23. The number of anilines is 2. The summed E-state index contributed by atoms with van der Waals surface area (Å²) in [5, 5.41) is 15.0. The van der Waals surface area contributed by atoms with Crippen molar-refractivity contribution in [1.29, 1.82) is 0 Å². The van der Waals surface area contributed by atoms with Crippen LogP contribution in [0.2, 0.25) is 5.15 Å².